The Bertz CT molecular complexity index is 1370. The molecule has 0 aliphatic rings. The summed E-state index contributed by atoms with van der Waals surface area (Å²) in [4.78, 5) is 30.2. The molecule has 0 saturated heterocycles. The van der Waals surface area contributed by atoms with Gasteiger partial charge in [0.2, 0.25) is 5.91 Å². The molecule has 0 bridgehead atoms. The molecule has 1 amide bonds. The van der Waals surface area contributed by atoms with E-state index in [1.54, 1.807) is 25.3 Å². The second-order valence-corrected chi connectivity index (χ2v) is 8.21. The maximum absolute atomic E-state index is 13.2. The maximum atomic E-state index is 13.2. The van der Waals surface area contributed by atoms with E-state index in [0.29, 0.717) is 44.9 Å². The zero-order chi connectivity index (χ0) is 23.4. The summed E-state index contributed by atoms with van der Waals surface area (Å²) < 4.78 is 11.9. The van der Waals surface area contributed by atoms with Crippen molar-refractivity contribution in [3.8, 4) is 17.2 Å². The number of aromatic nitrogens is 4. The molecule has 2 heterocycles. The number of H-pyrrole nitrogens is 1. The van der Waals surface area contributed by atoms with Crippen molar-refractivity contribution in [1.29, 1.82) is 0 Å². The predicted octanol–water partition coefficient (Wildman–Crippen LogP) is 3.19. The number of halogens is 1. The number of para-hydroxylation sites is 1. The molecule has 0 unspecified atom stereocenters. The average molecular weight is 486 g/mol. The summed E-state index contributed by atoms with van der Waals surface area (Å²) in [6, 6.07) is 12.4. The Hall–Kier alpha value is -3.50. The highest BCUT2D eigenvalue weighted by Gasteiger charge is 2.17. The largest absolute Gasteiger partial charge is 0.496 e. The van der Waals surface area contributed by atoms with Crippen molar-refractivity contribution in [2.75, 3.05) is 20.0 Å². The molecular weight excluding hydrogens is 466 g/mol. The van der Waals surface area contributed by atoms with Crippen LogP contribution in [-0.4, -0.2) is 45.6 Å². The first-order valence-electron chi connectivity index (χ1n) is 9.83. The van der Waals surface area contributed by atoms with Crippen LogP contribution in [0, 0.1) is 0 Å². The first-order chi connectivity index (χ1) is 16.0. The molecule has 0 atom stereocenters. The number of amides is 1. The molecule has 2 N–H and O–H groups in total. The van der Waals surface area contributed by atoms with Crippen molar-refractivity contribution >= 4 is 40.3 Å². The van der Waals surface area contributed by atoms with Gasteiger partial charge in [0.25, 0.3) is 5.56 Å². The molecule has 0 radical (unpaired) electrons. The Morgan fingerprint density at radius 1 is 1.18 bits per heavy atom. The lowest BCUT2D eigenvalue weighted by Gasteiger charge is -2.13. The Labute approximate surface area is 198 Å². The van der Waals surface area contributed by atoms with Gasteiger partial charge in [-0.3, -0.25) is 19.3 Å². The number of nitrogens with one attached hydrogen (secondary N) is 2. The van der Waals surface area contributed by atoms with E-state index in [1.165, 1.54) is 17.9 Å². The van der Waals surface area contributed by atoms with Crippen LogP contribution in [-0.2, 0) is 11.3 Å². The van der Waals surface area contributed by atoms with E-state index in [4.69, 9.17) is 21.1 Å². The summed E-state index contributed by atoms with van der Waals surface area (Å²) >= 11 is 7.40. The molecule has 0 aliphatic heterocycles. The van der Waals surface area contributed by atoms with Crippen molar-refractivity contribution in [2.24, 2.45) is 0 Å². The number of benzene rings is 2. The number of rotatable bonds is 8. The SMILES string of the molecule is COc1ccc(-n2c(SCC(=O)NCc3ccccc3OC)nc3[nH]ncc3c2=O)cc1Cl. The van der Waals surface area contributed by atoms with E-state index in [9.17, 15) is 9.59 Å². The van der Waals surface area contributed by atoms with Crippen LogP contribution in [0.4, 0.5) is 0 Å². The quantitative estimate of drug-likeness (QED) is 0.291. The zero-order valence-electron chi connectivity index (χ0n) is 17.8. The van der Waals surface area contributed by atoms with Gasteiger partial charge in [-0.25, -0.2) is 4.98 Å². The van der Waals surface area contributed by atoms with Crippen LogP contribution < -0.4 is 20.3 Å². The number of hydrogen-bond acceptors (Lipinski definition) is 7. The van der Waals surface area contributed by atoms with Crippen LogP contribution in [0.15, 0.2) is 58.6 Å². The molecule has 9 nitrogen and oxygen atoms in total. The topological polar surface area (TPSA) is 111 Å². The number of aromatic amines is 1. The number of carbonyl (C=O) groups excluding carboxylic acids is 1. The van der Waals surface area contributed by atoms with Gasteiger partial charge in [-0.2, -0.15) is 5.10 Å². The van der Waals surface area contributed by atoms with Crippen molar-refractivity contribution in [3.05, 3.63) is 69.6 Å². The number of carbonyl (C=O) groups is 1. The van der Waals surface area contributed by atoms with Gasteiger partial charge in [0, 0.05) is 12.1 Å². The smallest absolute Gasteiger partial charge is 0.269 e. The van der Waals surface area contributed by atoms with E-state index < -0.39 is 0 Å². The highest BCUT2D eigenvalue weighted by Crippen LogP contribution is 2.28. The highest BCUT2D eigenvalue weighted by atomic mass is 35.5. The number of thioether (sulfide) groups is 1. The van der Waals surface area contributed by atoms with Crippen molar-refractivity contribution < 1.29 is 14.3 Å². The predicted molar refractivity (Wildman–Crippen MR) is 127 cm³/mol. The van der Waals surface area contributed by atoms with E-state index in [-0.39, 0.29) is 17.2 Å². The molecule has 0 spiro atoms. The second kappa shape index (κ2) is 9.97. The van der Waals surface area contributed by atoms with E-state index in [2.05, 4.69) is 20.5 Å². The van der Waals surface area contributed by atoms with Crippen molar-refractivity contribution in [2.45, 2.75) is 11.7 Å². The van der Waals surface area contributed by atoms with Crippen molar-refractivity contribution in [1.82, 2.24) is 25.1 Å². The third-order valence-corrected chi connectivity index (χ3v) is 6.08. The Morgan fingerprint density at radius 3 is 2.73 bits per heavy atom. The zero-order valence-corrected chi connectivity index (χ0v) is 19.4. The summed E-state index contributed by atoms with van der Waals surface area (Å²) in [6.45, 7) is 0.317. The van der Waals surface area contributed by atoms with E-state index in [0.717, 1.165) is 17.3 Å². The second-order valence-electron chi connectivity index (χ2n) is 6.86. The van der Waals surface area contributed by atoms with Gasteiger partial charge in [0.05, 0.1) is 36.9 Å². The Kier molecular flexibility index (Phi) is 6.85. The third kappa shape index (κ3) is 4.81. The van der Waals surface area contributed by atoms with Crippen molar-refractivity contribution in [3.63, 3.8) is 0 Å². The van der Waals surface area contributed by atoms with Gasteiger partial charge in [-0.1, -0.05) is 41.6 Å². The lowest BCUT2D eigenvalue weighted by Crippen LogP contribution is -2.26. The van der Waals surface area contributed by atoms with Gasteiger partial charge < -0.3 is 14.8 Å². The highest BCUT2D eigenvalue weighted by molar-refractivity contribution is 7.99. The van der Waals surface area contributed by atoms with E-state index >= 15 is 0 Å². The molecule has 4 rings (SSSR count). The first-order valence-corrected chi connectivity index (χ1v) is 11.2. The molecular formula is C22H20ClN5O4S. The lowest BCUT2D eigenvalue weighted by molar-refractivity contribution is -0.118. The lowest BCUT2D eigenvalue weighted by atomic mass is 10.2. The number of fused-ring (bicyclic) bond motifs is 1. The molecule has 33 heavy (non-hydrogen) atoms. The molecule has 0 fully saturated rings. The van der Waals surface area contributed by atoms with Crippen LogP contribution >= 0.6 is 23.4 Å². The number of ether oxygens (including phenoxy) is 2. The average Bonchev–Trinajstić information content (AvgIpc) is 3.30. The van der Waals surface area contributed by atoms with Crippen LogP contribution in [0.2, 0.25) is 5.02 Å². The standard InChI is InChI=1S/C22H20ClN5O4S/c1-31-17-6-4-3-5-13(17)10-24-19(29)12-33-22-26-20-15(11-25-27-20)21(30)28(22)14-7-8-18(32-2)16(23)9-14/h3-9,11H,10,12H2,1-2H3,(H,24,29)(H,25,27). The monoisotopic (exact) mass is 485 g/mol. The molecule has 0 aliphatic carbocycles. The fourth-order valence-corrected chi connectivity index (χ4v) is 4.30. The first kappa shape index (κ1) is 22.7. The minimum atomic E-state index is -0.327. The van der Waals surface area contributed by atoms with Crippen LogP contribution in [0.3, 0.4) is 0 Å². The normalized spacial score (nSPS) is 10.9. The molecule has 170 valence electrons. The number of methoxy groups -OCH3 is 2. The number of nitrogens with zero attached hydrogens (tertiary/aromatic N) is 3. The minimum absolute atomic E-state index is 0.0467. The Morgan fingerprint density at radius 2 is 1.97 bits per heavy atom. The summed E-state index contributed by atoms with van der Waals surface area (Å²) in [5.41, 5.74) is 1.37. The summed E-state index contributed by atoms with van der Waals surface area (Å²) in [5, 5.41) is 10.5. The fraction of sp³-hybridized carbons (Fsp3) is 0.182. The van der Waals surface area contributed by atoms with Gasteiger partial charge in [-0.15, -0.1) is 0 Å². The van der Waals surface area contributed by atoms with Crippen LogP contribution in [0.1, 0.15) is 5.56 Å². The van der Waals surface area contributed by atoms with Gasteiger partial charge >= 0.3 is 0 Å². The van der Waals surface area contributed by atoms with Crippen LogP contribution in [0.5, 0.6) is 11.5 Å². The molecule has 11 heteroatoms. The minimum Gasteiger partial charge on any atom is -0.496 e. The Balaban J connectivity index is 1.58. The maximum Gasteiger partial charge on any atom is 0.269 e. The molecule has 0 saturated carbocycles. The van der Waals surface area contributed by atoms with Crippen LogP contribution in [0.25, 0.3) is 16.7 Å². The van der Waals surface area contributed by atoms with Gasteiger partial charge in [-0.05, 0) is 24.3 Å². The molecule has 2 aromatic carbocycles. The van der Waals surface area contributed by atoms with Gasteiger partial charge in [0.15, 0.2) is 10.8 Å². The number of hydrogen-bond donors (Lipinski definition) is 2. The molecule has 2 aromatic heterocycles. The molecule has 4 aromatic rings. The summed E-state index contributed by atoms with van der Waals surface area (Å²) in [6.07, 6.45) is 1.42. The third-order valence-electron chi connectivity index (χ3n) is 4.85. The summed E-state index contributed by atoms with van der Waals surface area (Å²) in [5.74, 6) is 1.01. The van der Waals surface area contributed by atoms with Gasteiger partial charge in [0.1, 0.15) is 16.9 Å². The van der Waals surface area contributed by atoms with E-state index in [1.807, 2.05) is 24.3 Å². The summed E-state index contributed by atoms with van der Waals surface area (Å²) in [7, 11) is 3.09. The fourth-order valence-electron chi connectivity index (χ4n) is 3.22.